The van der Waals surface area contributed by atoms with Gasteiger partial charge < -0.3 is 9.47 Å². The van der Waals surface area contributed by atoms with Crippen molar-refractivity contribution in [1.82, 2.24) is 14.5 Å². The van der Waals surface area contributed by atoms with E-state index in [0.717, 1.165) is 48.7 Å². The van der Waals surface area contributed by atoms with Crippen molar-refractivity contribution in [2.45, 2.75) is 33.0 Å². The Morgan fingerprint density at radius 3 is 2.33 bits per heavy atom. The highest BCUT2D eigenvalue weighted by Crippen LogP contribution is 2.31. The number of benzene rings is 2. The van der Waals surface area contributed by atoms with E-state index >= 15 is 0 Å². The number of fused-ring (bicyclic) bond motifs is 1. The number of rotatable bonds is 7. The summed E-state index contributed by atoms with van der Waals surface area (Å²) in [5.41, 5.74) is 1.58. The molecular formula is C21H24F3N3. The van der Waals surface area contributed by atoms with E-state index < -0.39 is 11.7 Å². The van der Waals surface area contributed by atoms with Crippen molar-refractivity contribution in [3.05, 3.63) is 65.5 Å². The van der Waals surface area contributed by atoms with Gasteiger partial charge in [-0.15, -0.1) is 0 Å². The van der Waals surface area contributed by atoms with Crippen LogP contribution in [0.2, 0.25) is 0 Å². The summed E-state index contributed by atoms with van der Waals surface area (Å²) >= 11 is 0. The zero-order valence-corrected chi connectivity index (χ0v) is 15.6. The second-order valence-electron chi connectivity index (χ2n) is 6.57. The molecule has 0 saturated carbocycles. The molecule has 144 valence electrons. The maximum atomic E-state index is 13.1. The fourth-order valence-corrected chi connectivity index (χ4v) is 3.30. The molecule has 1 heterocycles. The molecule has 2 aromatic carbocycles. The predicted molar refractivity (Wildman–Crippen MR) is 102 cm³/mol. The fraction of sp³-hybridized carbons (Fsp3) is 0.381. The van der Waals surface area contributed by atoms with E-state index in [9.17, 15) is 13.2 Å². The van der Waals surface area contributed by atoms with Gasteiger partial charge in [0.25, 0.3) is 0 Å². The molecule has 3 rings (SSSR count). The van der Waals surface area contributed by atoms with Crippen LogP contribution in [-0.4, -0.2) is 34.1 Å². The molecule has 0 atom stereocenters. The summed E-state index contributed by atoms with van der Waals surface area (Å²) < 4.78 is 41.3. The van der Waals surface area contributed by atoms with Crippen LogP contribution in [0.25, 0.3) is 11.0 Å². The van der Waals surface area contributed by atoms with Crippen LogP contribution in [0.1, 0.15) is 30.8 Å². The molecule has 0 N–H and O–H groups in total. The maximum Gasteiger partial charge on any atom is 0.416 e. The fourth-order valence-electron chi connectivity index (χ4n) is 3.30. The molecule has 0 fully saturated rings. The van der Waals surface area contributed by atoms with E-state index in [1.165, 1.54) is 0 Å². The molecular weight excluding hydrogens is 351 g/mol. The van der Waals surface area contributed by atoms with Crippen LogP contribution in [0.4, 0.5) is 13.2 Å². The van der Waals surface area contributed by atoms with E-state index in [1.54, 1.807) is 6.07 Å². The van der Waals surface area contributed by atoms with Gasteiger partial charge in [0.2, 0.25) is 0 Å². The minimum atomic E-state index is -4.36. The lowest BCUT2D eigenvalue weighted by Crippen LogP contribution is -2.27. The summed E-state index contributed by atoms with van der Waals surface area (Å²) in [4.78, 5) is 6.85. The Morgan fingerprint density at radius 1 is 1.00 bits per heavy atom. The molecule has 0 aliphatic heterocycles. The van der Waals surface area contributed by atoms with E-state index in [-0.39, 0.29) is 0 Å². The molecule has 0 saturated heterocycles. The molecule has 0 bridgehead atoms. The lowest BCUT2D eigenvalue weighted by molar-refractivity contribution is -0.137. The summed E-state index contributed by atoms with van der Waals surface area (Å²) in [6.45, 7) is 7.63. The smallest absolute Gasteiger partial charge is 0.326 e. The van der Waals surface area contributed by atoms with Crippen LogP contribution in [-0.2, 0) is 19.1 Å². The minimum absolute atomic E-state index is 0.398. The summed E-state index contributed by atoms with van der Waals surface area (Å²) in [6.07, 6.45) is -3.77. The predicted octanol–water partition coefficient (Wildman–Crippen LogP) is 4.99. The van der Waals surface area contributed by atoms with Gasteiger partial charge in [0, 0.05) is 19.5 Å². The summed E-state index contributed by atoms with van der Waals surface area (Å²) in [5.74, 6) is 0.794. The van der Waals surface area contributed by atoms with Gasteiger partial charge in [-0.3, -0.25) is 0 Å². The van der Waals surface area contributed by atoms with Gasteiger partial charge in [0.05, 0.1) is 16.6 Å². The van der Waals surface area contributed by atoms with Crippen molar-refractivity contribution >= 4 is 11.0 Å². The second kappa shape index (κ2) is 8.13. The largest absolute Gasteiger partial charge is 0.416 e. The molecule has 3 nitrogen and oxygen atoms in total. The van der Waals surface area contributed by atoms with Gasteiger partial charge in [-0.25, -0.2) is 4.98 Å². The second-order valence-corrected chi connectivity index (χ2v) is 6.57. The average Bonchev–Trinajstić information content (AvgIpc) is 2.99. The first kappa shape index (κ1) is 19.4. The highest BCUT2D eigenvalue weighted by atomic mass is 19.4. The molecule has 0 amide bonds. The molecule has 0 spiro atoms. The number of likely N-dealkylation sites (N-methyl/N-ethyl adjacent to an activating group) is 1. The van der Waals surface area contributed by atoms with Crippen LogP contribution in [0.3, 0.4) is 0 Å². The highest BCUT2D eigenvalue weighted by molar-refractivity contribution is 5.77. The first-order valence-electron chi connectivity index (χ1n) is 9.25. The van der Waals surface area contributed by atoms with Crippen LogP contribution in [0, 0.1) is 0 Å². The third-order valence-electron chi connectivity index (χ3n) is 4.89. The molecule has 0 aliphatic rings. The Labute approximate surface area is 157 Å². The van der Waals surface area contributed by atoms with Crippen LogP contribution >= 0.6 is 0 Å². The molecule has 1 aromatic heterocycles. The van der Waals surface area contributed by atoms with E-state index in [4.69, 9.17) is 0 Å². The zero-order chi connectivity index (χ0) is 19.4. The first-order valence-corrected chi connectivity index (χ1v) is 9.25. The SMILES string of the molecule is CCN(CC)CCn1c(Cc2ccccc2)nc2cc(C(F)(F)F)ccc21. The molecule has 3 aromatic rings. The Bertz CT molecular complexity index is 881. The van der Waals surface area contributed by atoms with Crippen LogP contribution in [0.5, 0.6) is 0 Å². The lowest BCUT2D eigenvalue weighted by atomic mass is 10.1. The summed E-state index contributed by atoms with van der Waals surface area (Å²) in [7, 11) is 0. The number of halogens is 3. The molecule has 6 heteroatoms. The maximum absolute atomic E-state index is 13.1. The van der Waals surface area contributed by atoms with Crippen molar-refractivity contribution in [3.8, 4) is 0 Å². The quantitative estimate of drug-likeness (QED) is 0.580. The number of aromatic nitrogens is 2. The van der Waals surface area contributed by atoms with E-state index in [2.05, 4.69) is 28.3 Å². The number of hydrogen-bond acceptors (Lipinski definition) is 2. The van der Waals surface area contributed by atoms with Crippen molar-refractivity contribution in [1.29, 1.82) is 0 Å². The van der Waals surface area contributed by atoms with Gasteiger partial charge in [0.1, 0.15) is 5.82 Å². The molecule has 0 aliphatic carbocycles. The number of alkyl halides is 3. The van der Waals surface area contributed by atoms with Gasteiger partial charge in [-0.05, 0) is 36.9 Å². The number of hydrogen-bond donors (Lipinski definition) is 0. The first-order chi connectivity index (χ1) is 12.9. The van der Waals surface area contributed by atoms with Crippen LogP contribution < -0.4 is 0 Å². The zero-order valence-electron chi connectivity index (χ0n) is 15.6. The number of imidazole rings is 1. The Hall–Kier alpha value is -2.34. The third kappa shape index (κ3) is 4.50. The van der Waals surface area contributed by atoms with E-state index in [0.29, 0.717) is 18.5 Å². The highest BCUT2D eigenvalue weighted by Gasteiger charge is 2.31. The van der Waals surface area contributed by atoms with Crippen molar-refractivity contribution in [3.63, 3.8) is 0 Å². The molecule has 27 heavy (non-hydrogen) atoms. The van der Waals surface area contributed by atoms with Gasteiger partial charge in [-0.1, -0.05) is 44.2 Å². The topological polar surface area (TPSA) is 21.1 Å². The van der Waals surface area contributed by atoms with Gasteiger partial charge in [0.15, 0.2) is 0 Å². The Morgan fingerprint density at radius 2 is 1.70 bits per heavy atom. The monoisotopic (exact) mass is 375 g/mol. The van der Waals surface area contributed by atoms with E-state index in [1.807, 2.05) is 30.3 Å². The van der Waals surface area contributed by atoms with Crippen molar-refractivity contribution in [2.24, 2.45) is 0 Å². The normalized spacial score (nSPS) is 12.2. The molecule has 0 unspecified atom stereocenters. The summed E-state index contributed by atoms with van der Waals surface area (Å²) in [5, 5.41) is 0. The van der Waals surface area contributed by atoms with Crippen LogP contribution in [0.15, 0.2) is 48.5 Å². The third-order valence-corrected chi connectivity index (χ3v) is 4.89. The standard InChI is InChI=1S/C21H24F3N3/c1-3-26(4-2)12-13-27-19-11-10-17(21(22,23)24)15-18(19)25-20(27)14-16-8-6-5-7-9-16/h5-11,15H,3-4,12-14H2,1-2H3. The minimum Gasteiger partial charge on any atom is -0.326 e. The molecule has 0 radical (unpaired) electrons. The summed E-state index contributed by atoms with van der Waals surface area (Å²) in [6, 6.07) is 13.7. The Kier molecular flexibility index (Phi) is 5.85. The average molecular weight is 375 g/mol. The van der Waals surface area contributed by atoms with Crippen molar-refractivity contribution < 1.29 is 13.2 Å². The lowest BCUT2D eigenvalue weighted by Gasteiger charge is -2.19. The Balaban J connectivity index is 2.00. The number of nitrogens with zero attached hydrogens (tertiary/aromatic N) is 3. The van der Waals surface area contributed by atoms with Gasteiger partial charge >= 0.3 is 6.18 Å². The van der Waals surface area contributed by atoms with Gasteiger partial charge in [-0.2, -0.15) is 13.2 Å². The van der Waals surface area contributed by atoms with Crippen molar-refractivity contribution in [2.75, 3.05) is 19.6 Å².